The van der Waals surface area contributed by atoms with Crippen LogP contribution in [0.4, 0.5) is 38.9 Å². The number of piperidine rings is 1. The normalized spacial score (nSPS) is 15.8. The van der Waals surface area contributed by atoms with E-state index in [0.717, 1.165) is 49.8 Å². The first kappa shape index (κ1) is 31.7. The van der Waals surface area contributed by atoms with Crippen LogP contribution < -0.4 is 24.6 Å². The topological polar surface area (TPSA) is 129 Å². The first-order chi connectivity index (χ1) is 22.1. The molecule has 0 unspecified atom stereocenters. The highest BCUT2D eigenvalue weighted by molar-refractivity contribution is 7.93. The largest absolute Gasteiger partial charge is 0.494 e. The van der Waals surface area contributed by atoms with Crippen LogP contribution in [0.3, 0.4) is 0 Å². The number of hydrogen-bond donors (Lipinski definition) is 2. The molecule has 6 rings (SSSR count). The van der Waals surface area contributed by atoms with Crippen LogP contribution in [-0.4, -0.2) is 85.9 Å². The van der Waals surface area contributed by atoms with Crippen LogP contribution in [0.1, 0.15) is 38.2 Å². The number of hydrogen-bond acceptors (Lipinski definition) is 11. The van der Waals surface area contributed by atoms with Gasteiger partial charge >= 0.3 is 0 Å². The molecule has 0 radical (unpaired) electrons. The lowest BCUT2D eigenvalue weighted by Crippen LogP contribution is -2.42. The van der Waals surface area contributed by atoms with Crippen LogP contribution in [0, 0.1) is 5.82 Å². The lowest BCUT2D eigenvalue weighted by atomic mass is 10.0. The van der Waals surface area contributed by atoms with Crippen molar-refractivity contribution in [2.24, 2.45) is 0 Å². The highest BCUT2D eigenvalue weighted by Gasteiger charge is 2.40. The van der Waals surface area contributed by atoms with E-state index < -0.39 is 21.1 Å². The van der Waals surface area contributed by atoms with E-state index in [1.807, 2.05) is 12.1 Å². The monoisotopic (exact) mass is 649 g/mol. The van der Waals surface area contributed by atoms with Gasteiger partial charge in [0, 0.05) is 50.3 Å². The third-order valence-corrected chi connectivity index (χ3v) is 11.1. The molecule has 3 heterocycles. The van der Waals surface area contributed by atoms with Crippen LogP contribution in [0.25, 0.3) is 11.0 Å². The van der Waals surface area contributed by atoms with Crippen molar-refractivity contribution >= 4 is 55.6 Å². The van der Waals surface area contributed by atoms with Crippen LogP contribution in [0.15, 0.2) is 42.9 Å². The lowest BCUT2D eigenvalue weighted by Gasteiger charge is -2.37. The SMILES string of the molecule is CCc1cc(Nc2ncc(F)c(Nc3ccc4nccnc4c3N(C)S(=O)(=O)C3CC3)n2)c(OC)cc1N1CCC(N(C)C)CC1. The van der Waals surface area contributed by atoms with Gasteiger partial charge in [-0.05, 0) is 70.0 Å². The highest BCUT2D eigenvalue weighted by Crippen LogP contribution is 2.40. The molecule has 1 aliphatic carbocycles. The van der Waals surface area contributed by atoms with Crippen LogP contribution in [0.2, 0.25) is 0 Å². The molecule has 1 saturated carbocycles. The molecule has 244 valence electrons. The molecular weight excluding hydrogens is 609 g/mol. The number of halogens is 1. The number of ether oxygens (including phenoxy) is 1. The predicted octanol–water partition coefficient (Wildman–Crippen LogP) is 5.08. The predicted molar refractivity (Wildman–Crippen MR) is 180 cm³/mol. The quantitative estimate of drug-likeness (QED) is 0.226. The molecule has 0 bridgehead atoms. The van der Waals surface area contributed by atoms with Gasteiger partial charge < -0.3 is 25.2 Å². The minimum atomic E-state index is -3.65. The van der Waals surface area contributed by atoms with Crippen molar-refractivity contribution < 1.29 is 17.5 Å². The molecule has 2 aliphatic rings. The van der Waals surface area contributed by atoms with Crippen LogP contribution in [0.5, 0.6) is 5.75 Å². The van der Waals surface area contributed by atoms with Crippen molar-refractivity contribution in [3.63, 3.8) is 0 Å². The van der Waals surface area contributed by atoms with Crippen molar-refractivity contribution in [1.29, 1.82) is 0 Å². The van der Waals surface area contributed by atoms with E-state index in [0.29, 0.717) is 47.0 Å². The smallest absolute Gasteiger partial charge is 0.237 e. The molecule has 4 aromatic rings. The summed E-state index contributed by atoms with van der Waals surface area (Å²) >= 11 is 0. The van der Waals surface area contributed by atoms with Gasteiger partial charge in [0.15, 0.2) is 11.6 Å². The zero-order valence-corrected chi connectivity index (χ0v) is 27.6. The van der Waals surface area contributed by atoms with E-state index in [1.54, 1.807) is 19.2 Å². The molecule has 0 atom stereocenters. The Hall–Kier alpha value is -4.30. The average molecular weight is 650 g/mol. The minimum absolute atomic E-state index is 0.130. The van der Waals surface area contributed by atoms with E-state index >= 15 is 4.39 Å². The number of aryl methyl sites for hydroxylation is 1. The number of nitrogens with zero attached hydrogens (tertiary/aromatic N) is 7. The van der Waals surface area contributed by atoms with Crippen molar-refractivity contribution in [3.8, 4) is 5.75 Å². The van der Waals surface area contributed by atoms with Gasteiger partial charge in [0.2, 0.25) is 16.0 Å². The van der Waals surface area contributed by atoms with Gasteiger partial charge in [-0.1, -0.05) is 6.92 Å². The lowest BCUT2D eigenvalue weighted by molar-refractivity contribution is 0.249. The molecule has 1 aliphatic heterocycles. The Morgan fingerprint density at radius 1 is 1.00 bits per heavy atom. The van der Waals surface area contributed by atoms with Gasteiger partial charge in [-0.3, -0.25) is 14.3 Å². The molecule has 2 fully saturated rings. The summed E-state index contributed by atoms with van der Waals surface area (Å²) in [6.45, 7) is 4.03. The molecule has 1 saturated heterocycles. The summed E-state index contributed by atoms with van der Waals surface area (Å²) in [6, 6.07) is 7.99. The zero-order chi connectivity index (χ0) is 32.6. The van der Waals surface area contributed by atoms with Gasteiger partial charge in [-0.25, -0.2) is 17.8 Å². The Balaban J connectivity index is 1.30. The molecule has 12 nitrogen and oxygen atoms in total. The number of aromatic nitrogens is 4. The summed E-state index contributed by atoms with van der Waals surface area (Å²) in [5.74, 6) is -0.0769. The fraction of sp³-hybridized carbons (Fsp3) is 0.438. The maximum absolute atomic E-state index is 15.2. The van der Waals surface area contributed by atoms with Crippen molar-refractivity contribution in [2.75, 3.05) is 61.2 Å². The maximum atomic E-state index is 15.2. The number of fused-ring (bicyclic) bond motifs is 1. The van der Waals surface area contributed by atoms with Crippen molar-refractivity contribution in [1.82, 2.24) is 24.8 Å². The fourth-order valence-electron chi connectivity index (χ4n) is 6.00. The van der Waals surface area contributed by atoms with E-state index in [-0.39, 0.29) is 17.5 Å². The summed E-state index contributed by atoms with van der Waals surface area (Å²) in [4.78, 5) is 22.1. The molecular formula is C32H40FN9O3S. The molecule has 46 heavy (non-hydrogen) atoms. The second kappa shape index (κ2) is 12.8. The standard InChI is InChI=1S/C32H40FN9O3S/c1-6-20-17-26(28(45-5)18-27(20)42-15-11-21(12-16-42)40(2)3)38-32-36-19-23(33)31(39-32)37-25-10-9-24-29(35-14-13-34-24)30(25)41(4)46(43,44)22-7-8-22/h9-10,13-14,17-19,21-22H,6-8,11-12,15-16H2,1-5H3,(H2,36,37,38,39). The second-order valence-corrected chi connectivity index (χ2v) is 14.2. The molecule has 2 aromatic heterocycles. The van der Waals surface area contributed by atoms with E-state index in [4.69, 9.17) is 4.74 Å². The Morgan fingerprint density at radius 2 is 1.74 bits per heavy atom. The van der Waals surface area contributed by atoms with Crippen molar-refractivity contribution in [3.05, 3.63) is 54.2 Å². The summed E-state index contributed by atoms with van der Waals surface area (Å²) < 4.78 is 48.7. The van der Waals surface area contributed by atoms with Crippen LogP contribution >= 0.6 is 0 Å². The Labute approximate surface area is 269 Å². The number of anilines is 6. The molecule has 14 heteroatoms. The van der Waals surface area contributed by atoms with Crippen LogP contribution in [-0.2, 0) is 16.4 Å². The van der Waals surface area contributed by atoms with Gasteiger partial charge in [-0.2, -0.15) is 4.98 Å². The van der Waals surface area contributed by atoms with Gasteiger partial charge in [-0.15, -0.1) is 0 Å². The summed E-state index contributed by atoms with van der Waals surface area (Å²) in [5, 5.41) is 5.76. The summed E-state index contributed by atoms with van der Waals surface area (Å²) in [7, 11) is 3.71. The van der Waals surface area contributed by atoms with E-state index in [2.05, 4.69) is 61.4 Å². The van der Waals surface area contributed by atoms with Crippen molar-refractivity contribution in [2.45, 2.75) is 50.3 Å². The zero-order valence-electron chi connectivity index (χ0n) is 26.8. The van der Waals surface area contributed by atoms with Gasteiger partial charge in [0.1, 0.15) is 17.0 Å². The van der Waals surface area contributed by atoms with Gasteiger partial charge in [0.25, 0.3) is 0 Å². The average Bonchev–Trinajstić information content (AvgIpc) is 3.92. The fourth-order valence-corrected chi connectivity index (χ4v) is 7.62. The number of rotatable bonds is 11. The number of sulfonamides is 1. The Kier molecular flexibility index (Phi) is 8.84. The van der Waals surface area contributed by atoms with E-state index in [1.165, 1.54) is 23.7 Å². The highest BCUT2D eigenvalue weighted by atomic mass is 32.2. The second-order valence-electron chi connectivity index (χ2n) is 12.0. The molecule has 2 aromatic carbocycles. The summed E-state index contributed by atoms with van der Waals surface area (Å²) in [5.41, 5.74) is 4.41. The van der Waals surface area contributed by atoms with Gasteiger partial charge in [0.05, 0.1) is 35.4 Å². The molecule has 0 amide bonds. The van der Waals surface area contributed by atoms with E-state index in [9.17, 15) is 8.42 Å². The Morgan fingerprint density at radius 3 is 2.41 bits per heavy atom. The summed E-state index contributed by atoms with van der Waals surface area (Å²) in [6.07, 6.45) is 8.28. The third-order valence-electron chi connectivity index (χ3n) is 8.82. The number of methoxy groups -OCH3 is 1. The molecule has 0 spiro atoms. The number of benzene rings is 2. The minimum Gasteiger partial charge on any atom is -0.494 e. The number of nitrogens with one attached hydrogen (secondary N) is 2. The first-order valence-electron chi connectivity index (χ1n) is 15.5. The Bertz CT molecular complexity index is 1840. The third kappa shape index (κ3) is 6.23. The maximum Gasteiger partial charge on any atom is 0.237 e. The first-order valence-corrected chi connectivity index (χ1v) is 17.0. The molecule has 2 N–H and O–H groups in total.